The molecule has 2 rings (SSSR count). The lowest BCUT2D eigenvalue weighted by Gasteiger charge is -2.05. The third-order valence-electron chi connectivity index (χ3n) is 2.68. The number of nitrogens with one attached hydrogen (secondary N) is 1. The smallest absolute Gasteiger partial charge is 0.175 e. The van der Waals surface area contributed by atoms with Gasteiger partial charge in [0.05, 0.1) is 5.69 Å². The summed E-state index contributed by atoms with van der Waals surface area (Å²) in [6, 6.07) is 4.12. The van der Waals surface area contributed by atoms with E-state index < -0.39 is 0 Å². The van der Waals surface area contributed by atoms with Crippen molar-refractivity contribution in [1.82, 2.24) is 10.2 Å². The lowest BCUT2D eigenvalue weighted by molar-refractivity contribution is 1.11. The molecule has 0 atom stereocenters. The number of nitrogens with zero attached hydrogens (tertiary/aromatic N) is 3. The highest BCUT2D eigenvalue weighted by Crippen LogP contribution is 2.31. The van der Waals surface area contributed by atoms with Crippen molar-refractivity contribution in [2.24, 2.45) is 10.2 Å². The number of hydrogen-bond acceptors (Lipinski definition) is 5. The second-order valence-corrected chi connectivity index (χ2v) is 4.32. The average Bonchev–Trinajstić information content (AvgIpc) is 2.58. The van der Waals surface area contributed by atoms with Crippen molar-refractivity contribution >= 4 is 23.0 Å². The van der Waals surface area contributed by atoms with E-state index in [1.54, 1.807) is 0 Å². The molecule has 5 N–H and O–H groups in total. The van der Waals surface area contributed by atoms with Crippen LogP contribution in [0.15, 0.2) is 22.4 Å². The number of azo groups is 1. The Hall–Kier alpha value is -2.37. The quantitative estimate of drug-likeness (QED) is 0.707. The first-order chi connectivity index (χ1) is 8.49. The van der Waals surface area contributed by atoms with Gasteiger partial charge >= 0.3 is 0 Å². The molecule has 0 saturated carbocycles. The molecular weight excluding hydrogens is 228 g/mol. The van der Waals surface area contributed by atoms with Crippen LogP contribution in [0.5, 0.6) is 0 Å². The van der Waals surface area contributed by atoms with Gasteiger partial charge in [-0.05, 0) is 31.9 Å². The normalized spacial score (nSPS) is 11.3. The first-order valence-electron chi connectivity index (χ1n) is 5.58. The minimum absolute atomic E-state index is 0.249. The number of H-pyrrole nitrogens is 1. The molecule has 0 radical (unpaired) electrons. The van der Waals surface area contributed by atoms with E-state index in [0.717, 1.165) is 16.8 Å². The molecule has 0 amide bonds. The molecule has 1 heterocycles. The van der Waals surface area contributed by atoms with Gasteiger partial charge in [0, 0.05) is 0 Å². The fourth-order valence-corrected chi connectivity index (χ4v) is 1.90. The third kappa shape index (κ3) is 2.17. The zero-order chi connectivity index (χ0) is 13.3. The Balaban J connectivity index is 2.41. The molecule has 0 bridgehead atoms. The second-order valence-electron chi connectivity index (χ2n) is 4.32. The highest BCUT2D eigenvalue weighted by atomic mass is 15.2. The van der Waals surface area contributed by atoms with Crippen molar-refractivity contribution in [3.63, 3.8) is 0 Å². The molecule has 0 spiro atoms. The van der Waals surface area contributed by atoms with E-state index in [-0.39, 0.29) is 5.82 Å². The topological polar surface area (TPSA) is 105 Å². The molecular formula is C12H16N6. The number of anilines is 2. The van der Waals surface area contributed by atoms with Crippen LogP contribution in [0.25, 0.3) is 0 Å². The molecule has 6 heteroatoms. The monoisotopic (exact) mass is 244 g/mol. The summed E-state index contributed by atoms with van der Waals surface area (Å²) in [5.74, 6) is 0.567. The van der Waals surface area contributed by atoms with Crippen molar-refractivity contribution in [1.29, 1.82) is 0 Å². The molecule has 0 saturated heterocycles. The van der Waals surface area contributed by atoms with Crippen LogP contribution in [0, 0.1) is 20.8 Å². The first-order valence-corrected chi connectivity index (χ1v) is 5.58. The number of aryl methyl sites for hydroxylation is 3. The van der Waals surface area contributed by atoms with Crippen molar-refractivity contribution in [3.8, 4) is 0 Å². The standard InChI is InChI=1S/C12H16N6/c1-6-4-7(2)9(8(3)5-6)15-16-10-11(13)17-18-12(10)14/h4-5H,1-3H3,(H5,13,14,17,18). The van der Waals surface area contributed by atoms with Crippen molar-refractivity contribution < 1.29 is 0 Å². The summed E-state index contributed by atoms with van der Waals surface area (Å²) < 4.78 is 0. The number of nitrogen functional groups attached to an aromatic ring is 2. The van der Waals surface area contributed by atoms with Crippen LogP contribution in [0.1, 0.15) is 16.7 Å². The lowest BCUT2D eigenvalue weighted by Crippen LogP contribution is -1.86. The Morgan fingerprint density at radius 3 is 2.06 bits per heavy atom. The Morgan fingerprint density at radius 2 is 1.56 bits per heavy atom. The van der Waals surface area contributed by atoms with E-state index in [0.29, 0.717) is 11.5 Å². The fourth-order valence-electron chi connectivity index (χ4n) is 1.90. The molecule has 6 nitrogen and oxygen atoms in total. The van der Waals surface area contributed by atoms with Gasteiger partial charge in [-0.2, -0.15) is 5.10 Å². The lowest BCUT2D eigenvalue weighted by atomic mass is 10.1. The van der Waals surface area contributed by atoms with Gasteiger partial charge in [-0.1, -0.05) is 17.7 Å². The molecule has 1 aromatic heterocycles. The summed E-state index contributed by atoms with van der Waals surface area (Å²) in [5, 5.41) is 14.6. The number of aromatic nitrogens is 2. The summed E-state index contributed by atoms with van der Waals surface area (Å²) in [6.45, 7) is 6.04. The Kier molecular flexibility index (Phi) is 3.01. The number of aromatic amines is 1. The molecule has 0 aliphatic carbocycles. The summed E-state index contributed by atoms with van der Waals surface area (Å²) in [4.78, 5) is 0. The molecule has 0 fully saturated rings. The van der Waals surface area contributed by atoms with E-state index in [4.69, 9.17) is 11.5 Å². The van der Waals surface area contributed by atoms with Gasteiger partial charge in [-0.15, -0.1) is 10.2 Å². The zero-order valence-electron chi connectivity index (χ0n) is 10.7. The van der Waals surface area contributed by atoms with Gasteiger partial charge in [0.2, 0.25) is 0 Å². The minimum Gasteiger partial charge on any atom is -0.382 e. The Morgan fingerprint density at radius 1 is 1.00 bits per heavy atom. The Labute approximate surface area is 105 Å². The number of nitrogens with two attached hydrogens (primary N) is 2. The van der Waals surface area contributed by atoms with Gasteiger partial charge in [-0.3, -0.25) is 5.10 Å². The molecule has 2 aromatic rings. The van der Waals surface area contributed by atoms with E-state index in [9.17, 15) is 0 Å². The first kappa shape index (κ1) is 12.1. The van der Waals surface area contributed by atoms with Gasteiger partial charge in [0.25, 0.3) is 0 Å². The van der Waals surface area contributed by atoms with E-state index in [1.807, 2.05) is 20.8 Å². The van der Waals surface area contributed by atoms with Crippen LogP contribution >= 0.6 is 0 Å². The van der Waals surface area contributed by atoms with Crippen molar-refractivity contribution in [3.05, 3.63) is 28.8 Å². The number of benzene rings is 1. The molecule has 18 heavy (non-hydrogen) atoms. The predicted octanol–water partition coefficient (Wildman–Crippen LogP) is 2.91. The van der Waals surface area contributed by atoms with Crippen LogP contribution in [0.2, 0.25) is 0 Å². The maximum Gasteiger partial charge on any atom is 0.175 e. The Bertz CT molecular complexity index is 569. The molecule has 0 aliphatic rings. The molecule has 0 aliphatic heterocycles. The average molecular weight is 244 g/mol. The highest BCUT2D eigenvalue weighted by Gasteiger charge is 2.08. The summed E-state index contributed by atoms with van der Waals surface area (Å²) >= 11 is 0. The van der Waals surface area contributed by atoms with Crippen molar-refractivity contribution in [2.75, 3.05) is 11.5 Å². The van der Waals surface area contributed by atoms with Gasteiger partial charge in [-0.25, -0.2) is 0 Å². The summed E-state index contributed by atoms with van der Waals surface area (Å²) in [5.41, 5.74) is 15.8. The summed E-state index contributed by atoms with van der Waals surface area (Å²) in [7, 11) is 0. The van der Waals surface area contributed by atoms with E-state index in [1.165, 1.54) is 5.56 Å². The maximum absolute atomic E-state index is 5.65. The predicted molar refractivity (Wildman–Crippen MR) is 72.2 cm³/mol. The van der Waals surface area contributed by atoms with Gasteiger partial charge in [0.1, 0.15) is 5.82 Å². The molecule has 1 aromatic carbocycles. The van der Waals surface area contributed by atoms with Crippen LogP contribution < -0.4 is 11.5 Å². The van der Waals surface area contributed by atoms with Crippen molar-refractivity contribution in [2.45, 2.75) is 20.8 Å². The highest BCUT2D eigenvalue weighted by molar-refractivity contribution is 5.70. The SMILES string of the molecule is Cc1cc(C)c(N=Nc2c(N)n[nH]c2N)c(C)c1. The second kappa shape index (κ2) is 4.48. The molecule has 0 unspecified atom stereocenters. The van der Waals surface area contributed by atoms with Gasteiger partial charge in [0.15, 0.2) is 11.5 Å². The van der Waals surface area contributed by atoms with Crippen LogP contribution in [0.4, 0.5) is 23.0 Å². The largest absolute Gasteiger partial charge is 0.382 e. The molecule has 94 valence electrons. The maximum atomic E-state index is 5.65. The third-order valence-corrected chi connectivity index (χ3v) is 2.68. The minimum atomic E-state index is 0.249. The van der Waals surface area contributed by atoms with Gasteiger partial charge < -0.3 is 11.5 Å². The van der Waals surface area contributed by atoms with E-state index >= 15 is 0 Å². The number of hydrogen-bond donors (Lipinski definition) is 3. The van der Waals surface area contributed by atoms with Crippen LogP contribution in [-0.4, -0.2) is 10.2 Å². The zero-order valence-corrected chi connectivity index (χ0v) is 10.7. The van der Waals surface area contributed by atoms with Crippen LogP contribution in [-0.2, 0) is 0 Å². The number of rotatable bonds is 2. The van der Waals surface area contributed by atoms with Crippen LogP contribution in [0.3, 0.4) is 0 Å². The fraction of sp³-hybridized carbons (Fsp3) is 0.250. The van der Waals surface area contributed by atoms with E-state index in [2.05, 4.69) is 32.6 Å². The summed E-state index contributed by atoms with van der Waals surface area (Å²) in [6.07, 6.45) is 0.